The minimum Gasteiger partial charge on any atom is -0.480 e. The topological polar surface area (TPSA) is 84.2 Å². The molecule has 0 saturated heterocycles. The third-order valence-electron chi connectivity index (χ3n) is 3.39. The first-order chi connectivity index (χ1) is 11.3. The van der Waals surface area contributed by atoms with Gasteiger partial charge in [0.1, 0.15) is 6.04 Å². The van der Waals surface area contributed by atoms with Gasteiger partial charge in [0.2, 0.25) is 5.91 Å². The fourth-order valence-electron chi connectivity index (χ4n) is 2.29. The first-order valence-electron chi connectivity index (χ1n) is 7.28. The summed E-state index contributed by atoms with van der Waals surface area (Å²) in [6, 6.07) is 3.78. The van der Waals surface area contributed by atoms with Gasteiger partial charge >= 0.3 is 5.97 Å². The summed E-state index contributed by atoms with van der Waals surface area (Å²) in [5.41, 5.74) is 1.56. The second-order valence-corrected chi connectivity index (χ2v) is 6.34. The molecule has 0 saturated carbocycles. The van der Waals surface area contributed by atoms with Gasteiger partial charge in [-0.25, -0.2) is 4.79 Å². The number of carbonyl (C=O) groups is 2. The average Bonchev–Trinajstić information content (AvgIpc) is 2.89. The van der Waals surface area contributed by atoms with Crippen LogP contribution in [0.25, 0.3) is 0 Å². The molecule has 1 unspecified atom stereocenters. The van der Waals surface area contributed by atoms with E-state index in [1.807, 2.05) is 6.20 Å². The predicted molar refractivity (Wildman–Crippen MR) is 91.3 cm³/mol. The van der Waals surface area contributed by atoms with Crippen LogP contribution in [-0.2, 0) is 29.5 Å². The van der Waals surface area contributed by atoms with Gasteiger partial charge in [-0.05, 0) is 35.7 Å². The van der Waals surface area contributed by atoms with E-state index in [1.54, 1.807) is 36.1 Å². The average molecular weight is 370 g/mol. The Morgan fingerprint density at radius 3 is 2.46 bits per heavy atom. The maximum Gasteiger partial charge on any atom is 0.326 e. The van der Waals surface area contributed by atoms with Crippen molar-refractivity contribution in [3.63, 3.8) is 0 Å². The standard InChI is InChI=1S/C16H17Cl2N3O3/c1-21-9-10(8-19-21)2-3-15(22)20-14(16(23)24)6-11-4-12(17)7-13(18)5-11/h4-5,7-9,14H,2-3,6H2,1H3,(H,20,22)(H,23,24). The molecule has 1 amide bonds. The number of carbonyl (C=O) groups excluding carboxylic acids is 1. The van der Waals surface area contributed by atoms with E-state index in [2.05, 4.69) is 10.4 Å². The number of carboxylic acid groups (broad SMARTS) is 1. The van der Waals surface area contributed by atoms with Gasteiger partial charge in [0, 0.05) is 36.1 Å². The van der Waals surface area contributed by atoms with E-state index in [0.717, 1.165) is 5.56 Å². The molecule has 0 radical (unpaired) electrons. The van der Waals surface area contributed by atoms with Crippen LogP contribution in [0.4, 0.5) is 0 Å². The van der Waals surface area contributed by atoms with E-state index in [4.69, 9.17) is 23.2 Å². The molecule has 0 aliphatic rings. The maximum absolute atomic E-state index is 12.0. The van der Waals surface area contributed by atoms with Crippen molar-refractivity contribution in [2.45, 2.75) is 25.3 Å². The molecule has 1 atom stereocenters. The maximum atomic E-state index is 12.0. The van der Waals surface area contributed by atoms with Gasteiger partial charge in [0.05, 0.1) is 6.20 Å². The molecule has 1 aromatic heterocycles. The molecule has 8 heteroatoms. The van der Waals surface area contributed by atoms with Crippen LogP contribution < -0.4 is 5.32 Å². The van der Waals surface area contributed by atoms with Gasteiger partial charge in [-0.1, -0.05) is 23.2 Å². The Hall–Kier alpha value is -2.05. The first-order valence-corrected chi connectivity index (χ1v) is 8.04. The van der Waals surface area contributed by atoms with Gasteiger partial charge in [0.25, 0.3) is 0 Å². The number of aromatic nitrogens is 2. The highest BCUT2D eigenvalue weighted by Crippen LogP contribution is 2.20. The lowest BCUT2D eigenvalue weighted by atomic mass is 10.1. The molecule has 0 bridgehead atoms. The summed E-state index contributed by atoms with van der Waals surface area (Å²) in [7, 11) is 1.79. The summed E-state index contributed by atoms with van der Waals surface area (Å²) in [6.07, 6.45) is 4.28. The Morgan fingerprint density at radius 1 is 1.25 bits per heavy atom. The van der Waals surface area contributed by atoms with E-state index >= 15 is 0 Å². The number of aliphatic carboxylic acids is 1. The molecule has 1 heterocycles. The third kappa shape index (κ3) is 5.54. The molecule has 24 heavy (non-hydrogen) atoms. The third-order valence-corrected chi connectivity index (χ3v) is 3.83. The number of hydrogen-bond acceptors (Lipinski definition) is 3. The van der Waals surface area contributed by atoms with E-state index in [9.17, 15) is 14.7 Å². The van der Waals surface area contributed by atoms with Crippen molar-refractivity contribution < 1.29 is 14.7 Å². The molecule has 6 nitrogen and oxygen atoms in total. The van der Waals surface area contributed by atoms with Crippen LogP contribution in [0.1, 0.15) is 17.5 Å². The van der Waals surface area contributed by atoms with Crippen molar-refractivity contribution >= 4 is 35.1 Å². The number of amides is 1. The fraction of sp³-hybridized carbons (Fsp3) is 0.312. The lowest BCUT2D eigenvalue weighted by molar-refractivity contribution is -0.141. The highest BCUT2D eigenvalue weighted by atomic mass is 35.5. The van der Waals surface area contributed by atoms with E-state index in [-0.39, 0.29) is 18.7 Å². The SMILES string of the molecule is Cn1cc(CCC(=O)NC(Cc2cc(Cl)cc(Cl)c2)C(=O)O)cn1. The largest absolute Gasteiger partial charge is 0.480 e. The molecule has 2 rings (SSSR count). The summed E-state index contributed by atoms with van der Waals surface area (Å²) in [6.45, 7) is 0. The Kier molecular flexibility index (Phi) is 6.23. The van der Waals surface area contributed by atoms with Crippen molar-refractivity contribution in [1.82, 2.24) is 15.1 Å². The van der Waals surface area contributed by atoms with Crippen LogP contribution in [0.2, 0.25) is 10.0 Å². The van der Waals surface area contributed by atoms with Crippen LogP contribution >= 0.6 is 23.2 Å². The highest BCUT2D eigenvalue weighted by Gasteiger charge is 2.20. The summed E-state index contributed by atoms with van der Waals surface area (Å²) in [4.78, 5) is 23.4. The lowest BCUT2D eigenvalue weighted by Crippen LogP contribution is -2.42. The van der Waals surface area contributed by atoms with E-state index in [0.29, 0.717) is 22.0 Å². The fourth-order valence-corrected chi connectivity index (χ4v) is 2.86. The molecule has 0 spiro atoms. The number of carboxylic acids is 1. The van der Waals surface area contributed by atoms with Crippen LogP contribution in [0.3, 0.4) is 0 Å². The Labute approximate surface area is 149 Å². The number of halogens is 2. The number of benzene rings is 1. The normalized spacial score (nSPS) is 12.0. The van der Waals surface area contributed by atoms with Gasteiger partial charge < -0.3 is 10.4 Å². The zero-order valence-corrected chi connectivity index (χ0v) is 14.5. The van der Waals surface area contributed by atoms with Gasteiger partial charge in [-0.15, -0.1) is 0 Å². The van der Waals surface area contributed by atoms with Crippen LogP contribution in [0.15, 0.2) is 30.6 Å². The smallest absolute Gasteiger partial charge is 0.326 e. The zero-order chi connectivity index (χ0) is 17.7. The number of nitrogens with one attached hydrogen (secondary N) is 1. The van der Waals surface area contributed by atoms with Crippen LogP contribution in [-0.4, -0.2) is 32.8 Å². The Morgan fingerprint density at radius 2 is 1.92 bits per heavy atom. The monoisotopic (exact) mass is 369 g/mol. The molecule has 0 fully saturated rings. The highest BCUT2D eigenvalue weighted by molar-refractivity contribution is 6.34. The molecule has 0 aliphatic heterocycles. The molecule has 128 valence electrons. The molecule has 2 N–H and O–H groups in total. The second-order valence-electron chi connectivity index (χ2n) is 5.46. The number of hydrogen-bond donors (Lipinski definition) is 2. The van der Waals surface area contributed by atoms with Gasteiger partial charge in [-0.3, -0.25) is 9.48 Å². The molecule has 1 aromatic carbocycles. The molecule has 2 aromatic rings. The Balaban J connectivity index is 1.94. The Bertz CT molecular complexity index is 726. The first kappa shape index (κ1) is 18.3. The number of nitrogens with zero attached hydrogens (tertiary/aromatic N) is 2. The van der Waals surface area contributed by atoms with Crippen molar-refractivity contribution in [3.05, 3.63) is 51.8 Å². The zero-order valence-electron chi connectivity index (χ0n) is 13.0. The number of rotatable bonds is 7. The van der Waals surface area contributed by atoms with Crippen molar-refractivity contribution in [3.8, 4) is 0 Å². The molecule has 0 aliphatic carbocycles. The second kappa shape index (κ2) is 8.17. The molecular weight excluding hydrogens is 353 g/mol. The summed E-state index contributed by atoms with van der Waals surface area (Å²) in [5, 5.41) is 16.7. The van der Waals surface area contributed by atoms with Crippen LogP contribution in [0, 0.1) is 0 Å². The quantitative estimate of drug-likeness (QED) is 0.784. The van der Waals surface area contributed by atoms with Gasteiger partial charge in [0.15, 0.2) is 0 Å². The summed E-state index contributed by atoms with van der Waals surface area (Å²) >= 11 is 11.8. The summed E-state index contributed by atoms with van der Waals surface area (Å²) in [5.74, 6) is -1.44. The van der Waals surface area contributed by atoms with Crippen molar-refractivity contribution in [2.75, 3.05) is 0 Å². The van der Waals surface area contributed by atoms with E-state index < -0.39 is 12.0 Å². The van der Waals surface area contributed by atoms with Crippen molar-refractivity contribution in [1.29, 1.82) is 0 Å². The summed E-state index contributed by atoms with van der Waals surface area (Å²) < 4.78 is 1.65. The lowest BCUT2D eigenvalue weighted by Gasteiger charge is -2.15. The number of aryl methyl sites for hydroxylation is 2. The minimum absolute atomic E-state index is 0.105. The molecular formula is C16H17Cl2N3O3. The minimum atomic E-state index is -1.11. The van der Waals surface area contributed by atoms with Crippen molar-refractivity contribution in [2.24, 2.45) is 7.05 Å². The van der Waals surface area contributed by atoms with Crippen LogP contribution in [0.5, 0.6) is 0 Å². The predicted octanol–water partition coefficient (Wildman–Crippen LogP) is 2.47. The van der Waals surface area contributed by atoms with E-state index in [1.165, 1.54) is 0 Å². The van der Waals surface area contributed by atoms with Gasteiger partial charge in [-0.2, -0.15) is 5.10 Å².